The van der Waals surface area contributed by atoms with E-state index in [9.17, 15) is 9.59 Å². The first-order valence-corrected chi connectivity index (χ1v) is 11.0. The van der Waals surface area contributed by atoms with Crippen LogP contribution in [0, 0.1) is 0 Å². The second kappa shape index (κ2) is 10.2. The monoisotopic (exact) mass is 474 g/mol. The quantitative estimate of drug-likeness (QED) is 0.478. The van der Waals surface area contributed by atoms with Gasteiger partial charge in [0.25, 0.3) is 5.91 Å². The van der Waals surface area contributed by atoms with Crippen LogP contribution in [-0.4, -0.2) is 39.7 Å². The van der Waals surface area contributed by atoms with E-state index in [-0.39, 0.29) is 11.8 Å². The topological polar surface area (TPSA) is 86.3 Å². The van der Waals surface area contributed by atoms with Crippen molar-refractivity contribution in [2.24, 2.45) is 0 Å². The van der Waals surface area contributed by atoms with Crippen LogP contribution >= 0.6 is 0 Å². The number of benzene rings is 3. The molecule has 0 atom stereocenters. The summed E-state index contributed by atoms with van der Waals surface area (Å²) < 4.78 is 22.0. The van der Waals surface area contributed by atoms with Crippen LogP contribution in [0.4, 0.5) is 11.4 Å². The highest BCUT2D eigenvalue weighted by molar-refractivity contribution is 6.11. The van der Waals surface area contributed by atoms with E-state index in [2.05, 4.69) is 5.32 Å². The number of hydrogen-bond acceptors (Lipinski definition) is 6. The zero-order valence-corrected chi connectivity index (χ0v) is 20.0. The van der Waals surface area contributed by atoms with Crippen LogP contribution in [0.5, 0.6) is 28.7 Å². The van der Waals surface area contributed by atoms with Crippen molar-refractivity contribution in [3.05, 3.63) is 71.8 Å². The van der Waals surface area contributed by atoms with Crippen LogP contribution in [0.2, 0.25) is 0 Å². The number of anilines is 2. The number of methoxy groups -OCH3 is 3. The number of carbonyl (C=O) groups excluding carboxylic acids is 2. The van der Waals surface area contributed by atoms with Crippen molar-refractivity contribution in [2.75, 3.05) is 38.1 Å². The fourth-order valence-corrected chi connectivity index (χ4v) is 3.87. The second-order valence-corrected chi connectivity index (χ2v) is 7.61. The molecule has 1 aliphatic heterocycles. The summed E-state index contributed by atoms with van der Waals surface area (Å²) in [7, 11) is 4.58. The lowest BCUT2D eigenvalue weighted by atomic mass is 10.1. The maximum atomic E-state index is 13.2. The van der Waals surface area contributed by atoms with Crippen molar-refractivity contribution >= 4 is 29.3 Å². The van der Waals surface area contributed by atoms with Gasteiger partial charge >= 0.3 is 0 Å². The van der Waals surface area contributed by atoms with Gasteiger partial charge in [-0.3, -0.25) is 9.59 Å². The summed E-state index contributed by atoms with van der Waals surface area (Å²) in [5.41, 5.74) is 2.24. The minimum absolute atomic E-state index is 0.198. The van der Waals surface area contributed by atoms with Gasteiger partial charge in [-0.15, -0.1) is 0 Å². The molecule has 2 amide bonds. The Morgan fingerprint density at radius 1 is 0.971 bits per heavy atom. The van der Waals surface area contributed by atoms with Gasteiger partial charge in [-0.2, -0.15) is 0 Å². The minimum atomic E-state index is -0.365. The third-order valence-corrected chi connectivity index (χ3v) is 5.53. The highest BCUT2D eigenvalue weighted by Crippen LogP contribution is 2.40. The number of hydrogen-bond donors (Lipinski definition) is 1. The fourth-order valence-electron chi connectivity index (χ4n) is 3.87. The van der Waals surface area contributed by atoms with Gasteiger partial charge in [0.2, 0.25) is 11.7 Å². The van der Waals surface area contributed by atoms with E-state index in [0.29, 0.717) is 57.8 Å². The molecule has 8 heteroatoms. The second-order valence-electron chi connectivity index (χ2n) is 7.61. The molecule has 0 bridgehead atoms. The Kier molecular flexibility index (Phi) is 6.91. The molecule has 180 valence electrons. The number of fused-ring (bicyclic) bond motifs is 2. The minimum Gasteiger partial charge on any atom is -0.493 e. The Bertz CT molecular complexity index is 1280. The van der Waals surface area contributed by atoms with Crippen LogP contribution in [0.15, 0.2) is 60.7 Å². The molecule has 1 heterocycles. The summed E-state index contributed by atoms with van der Waals surface area (Å²) in [6.07, 6.45) is 3.02. The van der Waals surface area contributed by atoms with Gasteiger partial charge < -0.3 is 29.2 Å². The van der Waals surface area contributed by atoms with E-state index in [0.717, 1.165) is 0 Å². The van der Waals surface area contributed by atoms with Gasteiger partial charge in [-0.1, -0.05) is 12.1 Å². The Balaban J connectivity index is 1.56. The molecule has 0 fully saturated rings. The maximum Gasteiger partial charge on any atom is 0.262 e. The molecule has 35 heavy (non-hydrogen) atoms. The first-order valence-electron chi connectivity index (χ1n) is 11.0. The maximum absolute atomic E-state index is 13.2. The molecule has 0 spiro atoms. The van der Waals surface area contributed by atoms with Gasteiger partial charge in [0, 0.05) is 18.3 Å². The van der Waals surface area contributed by atoms with Crippen molar-refractivity contribution in [2.45, 2.75) is 6.92 Å². The molecule has 0 aromatic heterocycles. The Hall–Kier alpha value is -4.46. The molecule has 0 unspecified atom stereocenters. The first-order chi connectivity index (χ1) is 17.0. The number of ether oxygens (including phenoxy) is 4. The molecule has 0 aliphatic carbocycles. The summed E-state index contributed by atoms with van der Waals surface area (Å²) >= 11 is 0. The van der Waals surface area contributed by atoms with E-state index in [1.54, 1.807) is 41.3 Å². The largest absolute Gasteiger partial charge is 0.493 e. The molecule has 4 rings (SSSR count). The van der Waals surface area contributed by atoms with Crippen LogP contribution in [0.1, 0.15) is 22.8 Å². The number of nitrogens with one attached hydrogen (secondary N) is 1. The van der Waals surface area contributed by atoms with Crippen molar-refractivity contribution in [3.63, 3.8) is 0 Å². The fraction of sp³-hybridized carbons (Fsp3) is 0.185. The third kappa shape index (κ3) is 4.77. The van der Waals surface area contributed by atoms with E-state index < -0.39 is 0 Å². The van der Waals surface area contributed by atoms with Crippen molar-refractivity contribution in [1.29, 1.82) is 0 Å². The molecule has 0 radical (unpaired) electrons. The first kappa shape index (κ1) is 23.7. The zero-order valence-electron chi connectivity index (χ0n) is 20.0. The standard InChI is InChI=1S/C27H26N2O6/c1-5-29-20-8-6-7-9-22(20)35-21-12-11-18(16-19(21)27(29)31)28-25(30)13-10-17-14-23(32-2)26(34-4)24(15-17)33-3/h6-16H,5H2,1-4H3,(H,28,30)/b13-10+. The van der Waals surface area contributed by atoms with Crippen molar-refractivity contribution < 1.29 is 28.5 Å². The molecule has 0 saturated carbocycles. The van der Waals surface area contributed by atoms with Gasteiger partial charge in [0.15, 0.2) is 17.2 Å². The number of carbonyl (C=O) groups is 2. The zero-order chi connectivity index (χ0) is 24.9. The smallest absolute Gasteiger partial charge is 0.262 e. The lowest BCUT2D eigenvalue weighted by molar-refractivity contribution is -0.111. The van der Waals surface area contributed by atoms with Crippen LogP contribution in [-0.2, 0) is 4.79 Å². The molecule has 3 aromatic rings. The van der Waals surface area contributed by atoms with Gasteiger partial charge in [-0.25, -0.2) is 0 Å². The lowest BCUT2D eigenvalue weighted by Crippen LogP contribution is -2.29. The molecule has 3 aromatic carbocycles. The van der Waals surface area contributed by atoms with E-state index >= 15 is 0 Å². The summed E-state index contributed by atoms with van der Waals surface area (Å²) in [5, 5.41) is 2.80. The summed E-state index contributed by atoms with van der Waals surface area (Å²) in [6.45, 7) is 2.38. The molecular formula is C27H26N2O6. The van der Waals surface area contributed by atoms with E-state index in [1.807, 2.05) is 31.2 Å². The van der Waals surface area contributed by atoms with Crippen molar-refractivity contribution in [3.8, 4) is 28.7 Å². The number of nitrogens with zero attached hydrogens (tertiary/aromatic N) is 1. The van der Waals surface area contributed by atoms with Gasteiger partial charge in [-0.05, 0) is 61.0 Å². The molecule has 1 N–H and O–H groups in total. The average molecular weight is 475 g/mol. The summed E-state index contributed by atoms with van der Waals surface area (Å²) in [5.74, 6) is 1.91. The number of para-hydroxylation sites is 2. The Labute approximate surface area is 203 Å². The molecule has 1 aliphatic rings. The normalized spacial score (nSPS) is 12.3. The molecular weight excluding hydrogens is 448 g/mol. The van der Waals surface area contributed by atoms with Crippen LogP contribution < -0.4 is 29.2 Å². The predicted molar refractivity (Wildman–Crippen MR) is 134 cm³/mol. The Morgan fingerprint density at radius 3 is 2.34 bits per heavy atom. The van der Waals surface area contributed by atoms with E-state index in [4.69, 9.17) is 18.9 Å². The molecule has 0 saturated heterocycles. The highest BCUT2D eigenvalue weighted by Gasteiger charge is 2.27. The highest BCUT2D eigenvalue weighted by atomic mass is 16.5. The SMILES string of the molecule is CCN1C(=O)c2cc(NC(=O)/C=C/c3cc(OC)c(OC)c(OC)c3)ccc2Oc2ccccc21. The van der Waals surface area contributed by atoms with Crippen molar-refractivity contribution in [1.82, 2.24) is 0 Å². The number of amides is 2. The third-order valence-electron chi connectivity index (χ3n) is 5.53. The summed E-state index contributed by atoms with van der Waals surface area (Å²) in [4.78, 5) is 27.5. The average Bonchev–Trinajstić information content (AvgIpc) is 3.00. The Morgan fingerprint density at radius 2 is 1.69 bits per heavy atom. The van der Waals surface area contributed by atoms with Gasteiger partial charge in [0.1, 0.15) is 5.75 Å². The summed E-state index contributed by atoms with van der Waals surface area (Å²) in [6, 6.07) is 15.9. The van der Waals surface area contributed by atoms with Crippen LogP contribution in [0.25, 0.3) is 6.08 Å². The lowest BCUT2D eigenvalue weighted by Gasteiger charge is -2.19. The van der Waals surface area contributed by atoms with Gasteiger partial charge in [0.05, 0.1) is 32.6 Å². The van der Waals surface area contributed by atoms with E-state index in [1.165, 1.54) is 27.4 Å². The number of rotatable bonds is 7. The molecule has 8 nitrogen and oxygen atoms in total. The predicted octanol–water partition coefficient (Wildman–Crippen LogP) is 5.14. The van der Waals surface area contributed by atoms with Crippen LogP contribution in [0.3, 0.4) is 0 Å².